The Kier molecular flexibility index (Phi) is 9.33. The molecule has 2 heterocycles. The first-order chi connectivity index (χ1) is 22.4. The fourth-order valence-corrected chi connectivity index (χ4v) is 7.57. The van der Waals surface area contributed by atoms with E-state index >= 15 is 0 Å². The first-order valence-electron chi connectivity index (χ1n) is 14.9. The van der Waals surface area contributed by atoms with Crippen molar-refractivity contribution in [1.29, 1.82) is 5.26 Å². The Bertz CT molecular complexity index is 2000. The normalized spacial score (nSPS) is 14.3. The van der Waals surface area contributed by atoms with Crippen LogP contribution in [-0.2, 0) is 22.4 Å². The number of aromatic nitrogens is 1. The zero-order valence-corrected chi connectivity index (χ0v) is 26.7. The summed E-state index contributed by atoms with van der Waals surface area (Å²) in [6.45, 7) is 2.21. The van der Waals surface area contributed by atoms with Crippen molar-refractivity contribution < 1.29 is 14.4 Å². The maximum Gasteiger partial charge on any atom is 0.272 e. The lowest BCUT2D eigenvalue weighted by atomic mass is 9.89. The monoisotopic (exact) mass is 645 g/mol. The summed E-state index contributed by atoms with van der Waals surface area (Å²) in [5, 5.41) is 19.9. The van der Waals surface area contributed by atoms with Crippen molar-refractivity contribution in [2.24, 2.45) is 5.92 Å². The highest BCUT2D eigenvalue weighted by Crippen LogP contribution is 2.39. The first-order valence-corrected chi connectivity index (χ1v) is 16.7. The lowest BCUT2D eigenvalue weighted by Crippen LogP contribution is -2.30. The maximum absolute atomic E-state index is 13.6. The van der Waals surface area contributed by atoms with Crippen molar-refractivity contribution in [2.45, 2.75) is 31.1 Å². The molecule has 0 bridgehead atoms. The van der Waals surface area contributed by atoms with E-state index in [-0.39, 0.29) is 17.4 Å². The molecule has 0 saturated heterocycles. The SMILES string of the molecule is CC1CCc2c(sc(NC(=O)CSc3cccc(NC(=O)/C(=C/c4c[nH]c5ccccc45)NC(=O)c4ccccc4)c3)c2C#N)C1. The molecule has 0 aliphatic heterocycles. The number of H-pyrrole nitrogens is 1. The second kappa shape index (κ2) is 13.9. The molecule has 0 spiro atoms. The predicted molar refractivity (Wildman–Crippen MR) is 185 cm³/mol. The largest absolute Gasteiger partial charge is 0.361 e. The van der Waals surface area contributed by atoms with E-state index in [0.29, 0.717) is 27.7 Å². The van der Waals surface area contributed by atoms with Crippen LogP contribution in [-0.4, -0.2) is 28.5 Å². The fourth-order valence-electron chi connectivity index (χ4n) is 5.44. The Morgan fingerprint density at radius 2 is 1.85 bits per heavy atom. The van der Waals surface area contributed by atoms with Gasteiger partial charge >= 0.3 is 0 Å². The van der Waals surface area contributed by atoms with E-state index in [1.807, 2.05) is 36.4 Å². The number of thiophene rings is 1. The molecule has 3 amide bonds. The van der Waals surface area contributed by atoms with E-state index in [0.717, 1.165) is 46.2 Å². The topological polar surface area (TPSA) is 127 Å². The molecule has 0 saturated carbocycles. The number of nitriles is 1. The van der Waals surface area contributed by atoms with Gasteiger partial charge in [-0.3, -0.25) is 14.4 Å². The summed E-state index contributed by atoms with van der Waals surface area (Å²) in [6, 6.07) is 25.9. The molecular formula is C36H31N5O3S2. The van der Waals surface area contributed by atoms with E-state index in [4.69, 9.17) is 0 Å². The molecule has 1 atom stereocenters. The third kappa shape index (κ3) is 7.07. The van der Waals surface area contributed by atoms with E-state index < -0.39 is 11.8 Å². The zero-order chi connectivity index (χ0) is 32.0. The number of hydrogen-bond donors (Lipinski definition) is 4. The van der Waals surface area contributed by atoms with Crippen LogP contribution in [0, 0.1) is 17.2 Å². The summed E-state index contributed by atoms with van der Waals surface area (Å²) in [5.74, 6) is -0.382. The molecule has 0 radical (unpaired) electrons. The van der Waals surface area contributed by atoms with Crippen LogP contribution in [0.1, 0.15) is 45.3 Å². The Balaban J connectivity index is 1.15. The van der Waals surface area contributed by atoms with Crippen LogP contribution < -0.4 is 16.0 Å². The molecule has 0 fully saturated rings. The zero-order valence-electron chi connectivity index (χ0n) is 25.1. The highest BCUT2D eigenvalue weighted by atomic mass is 32.2. The van der Waals surface area contributed by atoms with Crippen LogP contribution in [0.2, 0.25) is 0 Å². The Hall–Kier alpha value is -5.11. The van der Waals surface area contributed by atoms with Crippen LogP contribution in [0.15, 0.2) is 95.7 Å². The van der Waals surface area contributed by atoms with E-state index in [2.05, 4.69) is 33.9 Å². The van der Waals surface area contributed by atoms with Crippen molar-refractivity contribution in [3.05, 3.63) is 118 Å². The van der Waals surface area contributed by atoms with Crippen molar-refractivity contribution >= 4 is 68.5 Å². The summed E-state index contributed by atoms with van der Waals surface area (Å²) < 4.78 is 0. The highest BCUT2D eigenvalue weighted by molar-refractivity contribution is 8.00. The first kappa shape index (κ1) is 30.9. The van der Waals surface area contributed by atoms with Crippen molar-refractivity contribution in [3.63, 3.8) is 0 Å². The summed E-state index contributed by atoms with van der Waals surface area (Å²) in [6.07, 6.45) is 6.30. The summed E-state index contributed by atoms with van der Waals surface area (Å²) in [5.41, 5.74) is 4.36. The van der Waals surface area contributed by atoms with Crippen molar-refractivity contribution in [2.75, 3.05) is 16.4 Å². The molecule has 6 rings (SSSR count). The Labute approximate surface area is 274 Å². The van der Waals surface area contributed by atoms with Gasteiger partial charge in [-0.25, -0.2) is 0 Å². The number of carbonyl (C=O) groups is 3. The van der Waals surface area contributed by atoms with Gasteiger partial charge in [-0.1, -0.05) is 49.4 Å². The fraction of sp³-hybridized carbons (Fsp3) is 0.167. The van der Waals surface area contributed by atoms with Crippen LogP contribution in [0.3, 0.4) is 0 Å². The van der Waals surface area contributed by atoms with Gasteiger partial charge in [-0.2, -0.15) is 5.26 Å². The van der Waals surface area contributed by atoms with Gasteiger partial charge in [0.15, 0.2) is 0 Å². The Morgan fingerprint density at radius 1 is 1.04 bits per heavy atom. The molecular weight excluding hydrogens is 615 g/mol. The standard InChI is InChI=1S/C36H31N5O3S2/c1-22-14-15-28-29(19-37)36(46-32(28)16-22)41-33(42)21-45-26-11-7-10-25(18-26)39-35(44)31(40-34(43)23-8-3-2-4-9-23)17-24-20-38-30-13-6-5-12-27(24)30/h2-13,17-18,20,22,38H,14-16,21H2,1H3,(H,39,44)(H,40,43)(H,41,42)/b31-17-. The molecule has 230 valence electrons. The molecule has 2 aromatic heterocycles. The molecule has 5 aromatic rings. The number of anilines is 2. The van der Waals surface area contributed by atoms with E-state index in [1.165, 1.54) is 28.0 Å². The number of rotatable bonds is 9. The molecule has 3 aromatic carbocycles. The molecule has 1 aliphatic rings. The predicted octanol–water partition coefficient (Wildman–Crippen LogP) is 7.37. The van der Waals surface area contributed by atoms with E-state index in [9.17, 15) is 19.6 Å². The second-order valence-corrected chi connectivity index (χ2v) is 13.3. The molecule has 1 aliphatic carbocycles. The maximum atomic E-state index is 13.6. The van der Waals surface area contributed by atoms with Gasteiger partial charge in [0.2, 0.25) is 5.91 Å². The van der Waals surface area contributed by atoms with Crippen molar-refractivity contribution in [1.82, 2.24) is 10.3 Å². The third-order valence-electron chi connectivity index (χ3n) is 7.79. The van der Waals surface area contributed by atoms with E-state index in [1.54, 1.807) is 54.7 Å². The lowest BCUT2D eigenvalue weighted by Gasteiger charge is -2.17. The second-order valence-electron chi connectivity index (χ2n) is 11.2. The minimum Gasteiger partial charge on any atom is -0.361 e. The minimum absolute atomic E-state index is 0.0809. The molecule has 46 heavy (non-hydrogen) atoms. The van der Waals surface area contributed by atoms with Crippen LogP contribution in [0.5, 0.6) is 0 Å². The van der Waals surface area contributed by atoms with Crippen LogP contribution in [0.4, 0.5) is 10.7 Å². The van der Waals surface area contributed by atoms with Gasteiger partial charge in [0.25, 0.3) is 11.8 Å². The number of para-hydroxylation sites is 1. The summed E-state index contributed by atoms with van der Waals surface area (Å²) in [4.78, 5) is 44.7. The van der Waals surface area contributed by atoms with Gasteiger partial charge in [-0.15, -0.1) is 23.1 Å². The number of thioether (sulfide) groups is 1. The number of nitrogens with one attached hydrogen (secondary N) is 4. The molecule has 10 heteroatoms. The van der Waals surface area contributed by atoms with Crippen molar-refractivity contribution in [3.8, 4) is 6.07 Å². The van der Waals surface area contributed by atoms with Gasteiger partial charge in [0, 0.05) is 43.7 Å². The van der Waals surface area contributed by atoms with Gasteiger partial charge in [0.1, 0.15) is 16.8 Å². The highest BCUT2D eigenvalue weighted by Gasteiger charge is 2.25. The van der Waals surface area contributed by atoms with Crippen LogP contribution in [0.25, 0.3) is 17.0 Å². The van der Waals surface area contributed by atoms with Gasteiger partial charge in [-0.05, 0) is 73.2 Å². The van der Waals surface area contributed by atoms with Gasteiger partial charge in [0.05, 0.1) is 11.3 Å². The third-order valence-corrected chi connectivity index (χ3v) is 9.95. The Morgan fingerprint density at radius 3 is 2.67 bits per heavy atom. The quantitative estimate of drug-likeness (QED) is 0.0984. The number of benzene rings is 3. The number of nitrogens with zero attached hydrogens (tertiary/aromatic N) is 1. The average Bonchev–Trinajstić information content (AvgIpc) is 3.63. The average molecular weight is 646 g/mol. The number of fused-ring (bicyclic) bond motifs is 2. The number of aromatic amines is 1. The molecule has 1 unspecified atom stereocenters. The number of amides is 3. The smallest absolute Gasteiger partial charge is 0.272 e. The van der Waals surface area contributed by atoms with Crippen LogP contribution >= 0.6 is 23.1 Å². The number of hydrogen-bond acceptors (Lipinski definition) is 6. The summed E-state index contributed by atoms with van der Waals surface area (Å²) >= 11 is 2.84. The molecule has 8 nitrogen and oxygen atoms in total. The van der Waals surface area contributed by atoms with Gasteiger partial charge < -0.3 is 20.9 Å². The lowest BCUT2D eigenvalue weighted by molar-refractivity contribution is -0.114. The molecule has 4 N–H and O–H groups in total. The minimum atomic E-state index is -0.491. The number of carbonyl (C=O) groups excluding carboxylic acids is 3. The summed E-state index contributed by atoms with van der Waals surface area (Å²) in [7, 11) is 0.